The summed E-state index contributed by atoms with van der Waals surface area (Å²) >= 11 is 0. The van der Waals surface area contributed by atoms with E-state index in [0.717, 1.165) is 18.4 Å². The molecule has 2 atom stereocenters. The summed E-state index contributed by atoms with van der Waals surface area (Å²) in [5.41, 5.74) is 5.71. The highest BCUT2D eigenvalue weighted by Crippen LogP contribution is 2.23. The van der Waals surface area contributed by atoms with Gasteiger partial charge in [0.25, 0.3) is 0 Å². The topological polar surface area (TPSA) is 38.0 Å². The fourth-order valence-corrected chi connectivity index (χ4v) is 2.02. The molecule has 0 bridgehead atoms. The second-order valence-corrected chi connectivity index (χ2v) is 3.49. The standard InChI is InChI=1S/C9H20N2/c1-2-8-3-5-11-6-4-9(8)7-10/h8-9,11H,2-7,10H2,1H3. The van der Waals surface area contributed by atoms with Gasteiger partial charge >= 0.3 is 0 Å². The predicted molar refractivity (Wildman–Crippen MR) is 48.4 cm³/mol. The molecule has 0 aromatic rings. The maximum Gasteiger partial charge on any atom is -0.00457 e. The lowest BCUT2D eigenvalue weighted by molar-refractivity contribution is 0.320. The van der Waals surface area contributed by atoms with Crippen LogP contribution >= 0.6 is 0 Å². The van der Waals surface area contributed by atoms with Gasteiger partial charge in [0.2, 0.25) is 0 Å². The zero-order chi connectivity index (χ0) is 8.10. The predicted octanol–water partition coefficient (Wildman–Crippen LogP) is 0.971. The van der Waals surface area contributed by atoms with Crippen LogP contribution in [0.5, 0.6) is 0 Å². The van der Waals surface area contributed by atoms with E-state index in [1.807, 2.05) is 0 Å². The van der Waals surface area contributed by atoms with Gasteiger partial charge in [-0.15, -0.1) is 0 Å². The van der Waals surface area contributed by atoms with E-state index in [2.05, 4.69) is 12.2 Å². The molecule has 1 heterocycles. The molecular formula is C9H20N2. The zero-order valence-electron chi connectivity index (χ0n) is 7.47. The summed E-state index contributed by atoms with van der Waals surface area (Å²) in [6, 6.07) is 0. The molecule has 2 heteroatoms. The van der Waals surface area contributed by atoms with E-state index < -0.39 is 0 Å². The molecule has 2 nitrogen and oxygen atoms in total. The van der Waals surface area contributed by atoms with Crippen LogP contribution in [-0.2, 0) is 0 Å². The van der Waals surface area contributed by atoms with Crippen molar-refractivity contribution in [3.63, 3.8) is 0 Å². The molecule has 0 aromatic carbocycles. The Balaban J connectivity index is 2.41. The van der Waals surface area contributed by atoms with Crippen LogP contribution in [-0.4, -0.2) is 19.6 Å². The van der Waals surface area contributed by atoms with Crippen molar-refractivity contribution in [1.29, 1.82) is 0 Å². The van der Waals surface area contributed by atoms with Gasteiger partial charge in [-0.2, -0.15) is 0 Å². The summed E-state index contributed by atoms with van der Waals surface area (Å²) in [6.45, 7) is 5.51. The van der Waals surface area contributed by atoms with Gasteiger partial charge in [0, 0.05) is 0 Å². The first-order chi connectivity index (χ1) is 5.38. The molecule has 0 radical (unpaired) electrons. The van der Waals surface area contributed by atoms with Crippen LogP contribution in [0, 0.1) is 11.8 Å². The first-order valence-corrected chi connectivity index (χ1v) is 4.79. The molecule has 1 aliphatic rings. The van der Waals surface area contributed by atoms with E-state index in [9.17, 15) is 0 Å². The van der Waals surface area contributed by atoms with E-state index in [1.165, 1.54) is 32.4 Å². The second-order valence-electron chi connectivity index (χ2n) is 3.49. The Labute approximate surface area is 69.5 Å². The monoisotopic (exact) mass is 156 g/mol. The highest BCUT2D eigenvalue weighted by atomic mass is 14.9. The van der Waals surface area contributed by atoms with Gasteiger partial charge in [-0.1, -0.05) is 13.3 Å². The Morgan fingerprint density at radius 2 is 1.91 bits per heavy atom. The summed E-state index contributed by atoms with van der Waals surface area (Å²) in [5.74, 6) is 1.64. The van der Waals surface area contributed by atoms with Gasteiger partial charge in [0.1, 0.15) is 0 Å². The molecule has 0 spiro atoms. The van der Waals surface area contributed by atoms with Crippen LogP contribution in [0.1, 0.15) is 26.2 Å². The van der Waals surface area contributed by atoms with Crippen molar-refractivity contribution in [1.82, 2.24) is 5.32 Å². The van der Waals surface area contributed by atoms with E-state index in [0.29, 0.717) is 0 Å². The molecule has 1 saturated heterocycles. The number of nitrogens with two attached hydrogens (primary N) is 1. The largest absolute Gasteiger partial charge is 0.330 e. The molecule has 1 fully saturated rings. The number of hydrogen-bond acceptors (Lipinski definition) is 2. The van der Waals surface area contributed by atoms with Crippen molar-refractivity contribution in [2.75, 3.05) is 19.6 Å². The van der Waals surface area contributed by atoms with Crippen molar-refractivity contribution in [3.05, 3.63) is 0 Å². The van der Waals surface area contributed by atoms with Crippen molar-refractivity contribution in [2.24, 2.45) is 17.6 Å². The minimum absolute atomic E-state index is 0.773. The lowest BCUT2D eigenvalue weighted by Crippen LogP contribution is -2.22. The minimum atomic E-state index is 0.773. The SMILES string of the molecule is CCC1CCNCCC1CN. The van der Waals surface area contributed by atoms with Gasteiger partial charge < -0.3 is 11.1 Å². The summed E-state index contributed by atoms with van der Waals surface area (Å²) in [4.78, 5) is 0. The summed E-state index contributed by atoms with van der Waals surface area (Å²) in [7, 11) is 0. The van der Waals surface area contributed by atoms with Gasteiger partial charge in [-0.25, -0.2) is 0 Å². The van der Waals surface area contributed by atoms with E-state index >= 15 is 0 Å². The average Bonchev–Trinajstić information content (AvgIpc) is 2.27. The van der Waals surface area contributed by atoms with E-state index in [4.69, 9.17) is 5.73 Å². The molecule has 11 heavy (non-hydrogen) atoms. The summed E-state index contributed by atoms with van der Waals surface area (Å²) in [6.07, 6.45) is 3.89. The minimum Gasteiger partial charge on any atom is -0.330 e. The van der Waals surface area contributed by atoms with E-state index in [1.54, 1.807) is 0 Å². The normalized spacial score (nSPS) is 33.3. The molecule has 3 N–H and O–H groups in total. The molecule has 0 saturated carbocycles. The fraction of sp³-hybridized carbons (Fsp3) is 1.00. The first kappa shape index (κ1) is 9.01. The van der Waals surface area contributed by atoms with Gasteiger partial charge in [-0.3, -0.25) is 0 Å². The third kappa shape index (κ3) is 2.46. The Morgan fingerprint density at radius 3 is 2.45 bits per heavy atom. The third-order valence-corrected chi connectivity index (χ3v) is 2.88. The molecule has 0 aliphatic carbocycles. The van der Waals surface area contributed by atoms with Crippen molar-refractivity contribution in [2.45, 2.75) is 26.2 Å². The summed E-state index contributed by atoms with van der Waals surface area (Å²) in [5, 5.41) is 3.42. The zero-order valence-corrected chi connectivity index (χ0v) is 7.47. The van der Waals surface area contributed by atoms with Gasteiger partial charge in [0.15, 0.2) is 0 Å². The first-order valence-electron chi connectivity index (χ1n) is 4.79. The molecule has 0 amide bonds. The maximum absolute atomic E-state index is 5.71. The van der Waals surface area contributed by atoms with Gasteiger partial charge in [0.05, 0.1) is 0 Å². The maximum atomic E-state index is 5.71. The Kier molecular flexibility index (Phi) is 3.87. The lowest BCUT2D eigenvalue weighted by atomic mass is 9.86. The van der Waals surface area contributed by atoms with Gasteiger partial charge in [-0.05, 0) is 44.3 Å². The van der Waals surface area contributed by atoms with Crippen LogP contribution in [0.2, 0.25) is 0 Å². The Hall–Kier alpha value is -0.0800. The molecule has 1 rings (SSSR count). The van der Waals surface area contributed by atoms with Crippen LogP contribution in [0.3, 0.4) is 0 Å². The number of rotatable bonds is 2. The molecular weight excluding hydrogens is 136 g/mol. The third-order valence-electron chi connectivity index (χ3n) is 2.88. The average molecular weight is 156 g/mol. The number of hydrogen-bond donors (Lipinski definition) is 2. The van der Waals surface area contributed by atoms with Crippen molar-refractivity contribution >= 4 is 0 Å². The highest BCUT2D eigenvalue weighted by molar-refractivity contribution is 4.75. The molecule has 66 valence electrons. The molecule has 1 aliphatic heterocycles. The Bertz CT molecular complexity index is 91.7. The fourth-order valence-electron chi connectivity index (χ4n) is 2.02. The summed E-state index contributed by atoms with van der Waals surface area (Å²) < 4.78 is 0. The number of nitrogens with one attached hydrogen (secondary N) is 1. The van der Waals surface area contributed by atoms with E-state index in [-0.39, 0.29) is 0 Å². The van der Waals surface area contributed by atoms with Crippen LogP contribution in [0.4, 0.5) is 0 Å². The van der Waals surface area contributed by atoms with Crippen LogP contribution in [0.15, 0.2) is 0 Å². The van der Waals surface area contributed by atoms with Crippen LogP contribution in [0.25, 0.3) is 0 Å². The molecule has 0 aromatic heterocycles. The lowest BCUT2D eigenvalue weighted by Gasteiger charge is -2.21. The highest BCUT2D eigenvalue weighted by Gasteiger charge is 2.19. The van der Waals surface area contributed by atoms with Crippen molar-refractivity contribution in [3.8, 4) is 0 Å². The van der Waals surface area contributed by atoms with Crippen molar-refractivity contribution < 1.29 is 0 Å². The van der Waals surface area contributed by atoms with Crippen LogP contribution < -0.4 is 11.1 Å². The quantitative estimate of drug-likeness (QED) is 0.625. The Morgan fingerprint density at radius 1 is 1.27 bits per heavy atom. The smallest absolute Gasteiger partial charge is 0.00457 e. The second kappa shape index (κ2) is 4.73. The molecule has 2 unspecified atom stereocenters.